The van der Waals surface area contributed by atoms with Crippen molar-refractivity contribution >= 4 is 33.6 Å². The molecule has 0 saturated heterocycles. The Morgan fingerprint density at radius 1 is 1.35 bits per heavy atom. The first-order chi connectivity index (χ1) is 9.56. The van der Waals surface area contributed by atoms with Crippen molar-refractivity contribution in [1.29, 1.82) is 0 Å². The van der Waals surface area contributed by atoms with Gasteiger partial charge in [-0.1, -0.05) is 0 Å². The normalized spacial score (nSPS) is 10.2. The molecular formula is C12H11BrN4O3. The molecule has 2 N–H and O–H groups in total. The molecule has 20 heavy (non-hydrogen) atoms. The number of carbonyl (C=O) groups excluding carboxylic acids is 1. The summed E-state index contributed by atoms with van der Waals surface area (Å²) >= 11 is 3.25. The summed E-state index contributed by atoms with van der Waals surface area (Å²) < 4.78 is 2.09. The summed E-state index contributed by atoms with van der Waals surface area (Å²) in [5.41, 5.74) is 0.0552. The second-order valence-corrected chi connectivity index (χ2v) is 4.82. The van der Waals surface area contributed by atoms with Gasteiger partial charge in [0.15, 0.2) is 0 Å². The third kappa shape index (κ3) is 3.64. The van der Waals surface area contributed by atoms with Gasteiger partial charge in [-0.3, -0.25) is 9.48 Å². The number of hydrogen-bond donors (Lipinski definition) is 2. The Labute approximate surface area is 122 Å². The van der Waals surface area contributed by atoms with E-state index in [0.717, 1.165) is 4.47 Å². The van der Waals surface area contributed by atoms with Crippen molar-refractivity contribution in [3.05, 3.63) is 40.8 Å². The molecule has 0 fully saturated rings. The Balaban J connectivity index is 1.90. The van der Waals surface area contributed by atoms with Gasteiger partial charge in [0.2, 0.25) is 5.91 Å². The van der Waals surface area contributed by atoms with Crippen LogP contribution in [0.1, 0.15) is 16.9 Å². The number of nitrogens with zero attached hydrogens (tertiary/aromatic N) is 3. The average molecular weight is 339 g/mol. The third-order valence-corrected chi connectivity index (χ3v) is 2.95. The van der Waals surface area contributed by atoms with Crippen LogP contribution >= 0.6 is 15.9 Å². The maximum Gasteiger partial charge on any atom is 0.354 e. The number of carboxylic acid groups (broad SMARTS) is 1. The molecule has 2 aromatic heterocycles. The van der Waals surface area contributed by atoms with Crippen LogP contribution in [0.3, 0.4) is 0 Å². The number of rotatable bonds is 5. The van der Waals surface area contributed by atoms with Crippen LogP contribution in [0.15, 0.2) is 35.1 Å². The lowest BCUT2D eigenvalue weighted by Gasteiger charge is -2.06. The lowest BCUT2D eigenvalue weighted by molar-refractivity contribution is -0.116. The number of halogens is 1. The van der Waals surface area contributed by atoms with Crippen molar-refractivity contribution in [2.24, 2.45) is 0 Å². The van der Waals surface area contributed by atoms with Crippen molar-refractivity contribution in [3.8, 4) is 0 Å². The van der Waals surface area contributed by atoms with Crippen molar-refractivity contribution in [3.63, 3.8) is 0 Å². The minimum Gasteiger partial charge on any atom is -0.477 e. The fourth-order valence-electron chi connectivity index (χ4n) is 1.56. The van der Waals surface area contributed by atoms with Gasteiger partial charge in [-0.15, -0.1) is 0 Å². The zero-order valence-corrected chi connectivity index (χ0v) is 11.9. The SMILES string of the molecule is O=C(CCn1nccc1C(=O)O)Nc1ccc(Br)cn1. The molecule has 0 atom stereocenters. The number of amides is 1. The van der Waals surface area contributed by atoms with Crippen molar-refractivity contribution < 1.29 is 14.7 Å². The smallest absolute Gasteiger partial charge is 0.354 e. The average Bonchev–Trinajstić information content (AvgIpc) is 2.88. The lowest BCUT2D eigenvalue weighted by atomic mass is 10.3. The Hall–Kier alpha value is -2.22. The van der Waals surface area contributed by atoms with E-state index in [1.54, 1.807) is 18.3 Å². The highest BCUT2D eigenvalue weighted by Gasteiger charge is 2.11. The molecule has 0 aliphatic rings. The molecular weight excluding hydrogens is 328 g/mol. The van der Waals surface area contributed by atoms with Crippen LogP contribution in [0.2, 0.25) is 0 Å². The Bertz CT molecular complexity index is 624. The molecule has 2 rings (SSSR count). The van der Waals surface area contributed by atoms with Crippen LogP contribution in [0.25, 0.3) is 0 Å². The number of aromatic carboxylic acids is 1. The first-order valence-corrected chi connectivity index (χ1v) is 6.52. The monoisotopic (exact) mass is 338 g/mol. The number of nitrogens with one attached hydrogen (secondary N) is 1. The van der Waals surface area contributed by atoms with Crippen LogP contribution < -0.4 is 5.32 Å². The predicted molar refractivity (Wildman–Crippen MR) is 74.4 cm³/mol. The molecule has 0 aliphatic heterocycles. The molecule has 0 bridgehead atoms. The van der Waals surface area contributed by atoms with Gasteiger partial charge in [0, 0.05) is 23.3 Å². The van der Waals surface area contributed by atoms with Crippen LogP contribution in [0.4, 0.5) is 5.82 Å². The molecule has 2 aromatic rings. The van der Waals surface area contributed by atoms with E-state index in [1.165, 1.54) is 16.9 Å². The molecule has 0 radical (unpaired) electrons. The van der Waals surface area contributed by atoms with E-state index in [4.69, 9.17) is 5.11 Å². The molecule has 0 unspecified atom stereocenters. The molecule has 0 spiro atoms. The summed E-state index contributed by atoms with van der Waals surface area (Å²) in [6.45, 7) is 0.191. The van der Waals surface area contributed by atoms with Gasteiger partial charge in [0.1, 0.15) is 11.5 Å². The number of hydrogen-bond acceptors (Lipinski definition) is 4. The van der Waals surface area contributed by atoms with Crippen molar-refractivity contribution in [2.45, 2.75) is 13.0 Å². The first kappa shape index (κ1) is 14.2. The molecule has 0 aromatic carbocycles. The molecule has 104 valence electrons. The number of carboxylic acids is 1. The van der Waals surface area contributed by atoms with E-state index >= 15 is 0 Å². The minimum absolute atomic E-state index is 0.0552. The summed E-state index contributed by atoms with van der Waals surface area (Å²) in [6, 6.07) is 4.81. The van der Waals surface area contributed by atoms with Gasteiger partial charge in [0.05, 0.1) is 6.54 Å². The van der Waals surface area contributed by atoms with E-state index in [9.17, 15) is 9.59 Å². The highest BCUT2D eigenvalue weighted by Crippen LogP contribution is 2.10. The number of aryl methyl sites for hydroxylation is 1. The van der Waals surface area contributed by atoms with E-state index in [-0.39, 0.29) is 24.6 Å². The van der Waals surface area contributed by atoms with Gasteiger partial charge >= 0.3 is 5.97 Å². The molecule has 1 amide bonds. The molecule has 0 saturated carbocycles. The lowest BCUT2D eigenvalue weighted by Crippen LogP contribution is -2.17. The van der Waals surface area contributed by atoms with Crippen molar-refractivity contribution in [2.75, 3.05) is 5.32 Å². The standard InChI is InChI=1S/C12H11BrN4O3/c13-8-1-2-10(14-7-8)16-11(18)4-6-17-9(12(19)20)3-5-15-17/h1-3,5,7H,4,6H2,(H,19,20)(H,14,16,18). The van der Waals surface area contributed by atoms with Crippen molar-refractivity contribution in [1.82, 2.24) is 14.8 Å². The summed E-state index contributed by atoms with van der Waals surface area (Å²) in [6.07, 6.45) is 3.07. The molecule has 0 aliphatic carbocycles. The fraction of sp³-hybridized carbons (Fsp3) is 0.167. The Morgan fingerprint density at radius 3 is 2.80 bits per heavy atom. The van der Waals surface area contributed by atoms with E-state index in [0.29, 0.717) is 5.82 Å². The predicted octanol–water partition coefficient (Wildman–Crippen LogP) is 1.77. The Morgan fingerprint density at radius 2 is 2.15 bits per heavy atom. The maximum absolute atomic E-state index is 11.7. The summed E-state index contributed by atoms with van der Waals surface area (Å²) in [4.78, 5) is 26.6. The highest BCUT2D eigenvalue weighted by atomic mass is 79.9. The number of anilines is 1. The zero-order valence-electron chi connectivity index (χ0n) is 10.3. The second-order valence-electron chi connectivity index (χ2n) is 3.90. The van der Waals surface area contributed by atoms with Crippen LogP contribution in [0, 0.1) is 0 Å². The van der Waals surface area contributed by atoms with Gasteiger partial charge in [-0.05, 0) is 34.1 Å². The minimum atomic E-state index is -1.07. The van der Waals surface area contributed by atoms with E-state index in [2.05, 4.69) is 31.3 Å². The summed E-state index contributed by atoms with van der Waals surface area (Å²) in [5, 5.41) is 15.4. The van der Waals surface area contributed by atoms with Gasteiger partial charge in [0.25, 0.3) is 0 Å². The topological polar surface area (TPSA) is 97.1 Å². The fourth-order valence-corrected chi connectivity index (χ4v) is 1.79. The molecule has 8 heteroatoms. The third-order valence-electron chi connectivity index (χ3n) is 2.48. The maximum atomic E-state index is 11.7. The number of aromatic nitrogens is 3. The van der Waals surface area contributed by atoms with Crippen LogP contribution in [-0.4, -0.2) is 31.7 Å². The largest absolute Gasteiger partial charge is 0.477 e. The summed E-state index contributed by atoms with van der Waals surface area (Å²) in [7, 11) is 0. The Kier molecular flexibility index (Phi) is 4.46. The van der Waals surface area contributed by atoms with Gasteiger partial charge in [-0.25, -0.2) is 9.78 Å². The zero-order chi connectivity index (χ0) is 14.5. The molecule has 2 heterocycles. The number of pyridine rings is 1. The van der Waals surface area contributed by atoms with Crippen LogP contribution in [0.5, 0.6) is 0 Å². The van der Waals surface area contributed by atoms with E-state index < -0.39 is 5.97 Å². The highest BCUT2D eigenvalue weighted by molar-refractivity contribution is 9.10. The van der Waals surface area contributed by atoms with Crippen LogP contribution in [-0.2, 0) is 11.3 Å². The second kappa shape index (κ2) is 6.29. The quantitative estimate of drug-likeness (QED) is 0.865. The first-order valence-electron chi connectivity index (χ1n) is 5.73. The number of carbonyl (C=O) groups is 2. The van der Waals surface area contributed by atoms with Gasteiger partial charge < -0.3 is 10.4 Å². The van der Waals surface area contributed by atoms with Gasteiger partial charge in [-0.2, -0.15) is 5.10 Å². The van der Waals surface area contributed by atoms with E-state index in [1.807, 2.05) is 0 Å². The summed E-state index contributed by atoms with van der Waals surface area (Å²) in [5.74, 6) is -0.888. The molecule has 7 nitrogen and oxygen atoms in total.